The van der Waals surface area contributed by atoms with Crippen LogP contribution < -0.4 is 5.32 Å². The van der Waals surface area contributed by atoms with Gasteiger partial charge in [-0.05, 0) is 73.9 Å². The van der Waals surface area contributed by atoms with Crippen LogP contribution in [0.1, 0.15) is 43.2 Å². The lowest BCUT2D eigenvalue weighted by Gasteiger charge is -2.31. The van der Waals surface area contributed by atoms with E-state index < -0.39 is 0 Å². The number of hydrogen-bond donors (Lipinski definition) is 1. The molecule has 1 heterocycles. The number of piperidine rings is 1. The molecule has 140 valence electrons. The maximum atomic E-state index is 6.29. The highest BCUT2D eigenvalue weighted by molar-refractivity contribution is 6.35. The average molecular weight is 431 g/mol. The SMILES string of the molecule is Clc1ccc(CCC2CCCC(CCc3ccc(Cl)cc3Cl)N2)c(Cl)c1. The van der Waals surface area contributed by atoms with Crippen molar-refractivity contribution in [3.05, 3.63) is 67.6 Å². The lowest BCUT2D eigenvalue weighted by atomic mass is 9.91. The fourth-order valence-electron chi connectivity index (χ4n) is 3.67. The summed E-state index contributed by atoms with van der Waals surface area (Å²) in [7, 11) is 0. The third-order valence-electron chi connectivity index (χ3n) is 5.13. The highest BCUT2D eigenvalue weighted by atomic mass is 35.5. The van der Waals surface area contributed by atoms with Crippen LogP contribution in [-0.4, -0.2) is 12.1 Å². The highest BCUT2D eigenvalue weighted by Crippen LogP contribution is 2.26. The van der Waals surface area contributed by atoms with Crippen LogP contribution in [0.3, 0.4) is 0 Å². The normalized spacial score (nSPS) is 20.3. The van der Waals surface area contributed by atoms with E-state index in [1.54, 1.807) is 0 Å². The summed E-state index contributed by atoms with van der Waals surface area (Å²) in [6.07, 6.45) is 7.86. The Labute approximate surface area is 176 Å². The number of hydrogen-bond acceptors (Lipinski definition) is 1. The zero-order valence-corrected chi connectivity index (χ0v) is 17.6. The standard InChI is InChI=1S/C21H23Cl4N/c22-16-8-4-14(20(24)12-16)6-10-18-2-1-3-19(26-18)11-7-15-5-9-17(23)13-21(15)25/h4-5,8-9,12-13,18-19,26H,1-3,6-7,10-11H2. The van der Waals surface area contributed by atoms with E-state index in [4.69, 9.17) is 46.4 Å². The van der Waals surface area contributed by atoms with Gasteiger partial charge in [0.15, 0.2) is 0 Å². The van der Waals surface area contributed by atoms with Gasteiger partial charge in [-0.2, -0.15) is 0 Å². The minimum Gasteiger partial charge on any atom is -0.311 e. The predicted molar refractivity (Wildman–Crippen MR) is 114 cm³/mol. The van der Waals surface area contributed by atoms with Crippen LogP contribution in [-0.2, 0) is 12.8 Å². The maximum Gasteiger partial charge on any atom is 0.0452 e. The molecule has 0 aromatic heterocycles. The number of benzene rings is 2. The molecule has 3 rings (SSSR count). The Hall–Kier alpha value is -0.440. The summed E-state index contributed by atoms with van der Waals surface area (Å²) in [5.74, 6) is 0. The molecule has 1 saturated heterocycles. The molecular weight excluding hydrogens is 408 g/mol. The molecule has 1 N–H and O–H groups in total. The van der Waals surface area contributed by atoms with Gasteiger partial charge in [-0.1, -0.05) is 65.0 Å². The molecular formula is C21H23Cl4N. The smallest absolute Gasteiger partial charge is 0.0452 e. The summed E-state index contributed by atoms with van der Waals surface area (Å²) in [4.78, 5) is 0. The molecule has 1 fully saturated rings. The third kappa shape index (κ3) is 5.78. The highest BCUT2D eigenvalue weighted by Gasteiger charge is 2.21. The Morgan fingerprint density at radius 1 is 0.731 bits per heavy atom. The van der Waals surface area contributed by atoms with Crippen LogP contribution in [0, 0.1) is 0 Å². The second-order valence-corrected chi connectivity index (χ2v) is 8.73. The van der Waals surface area contributed by atoms with Crippen molar-refractivity contribution in [2.75, 3.05) is 0 Å². The number of aryl methyl sites for hydroxylation is 2. The van der Waals surface area contributed by atoms with E-state index in [1.165, 1.54) is 30.4 Å². The van der Waals surface area contributed by atoms with Gasteiger partial charge in [0, 0.05) is 32.2 Å². The van der Waals surface area contributed by atoms with Gasteiger partial charge in [0.05, 0.1) is 0 Å². The summed E-state index contributed by atoms with van der Waals surface area (Å²) in [5, 5.41) is 6.73. The second-order valence-electron chi connectivity index (χ2n) is 7.04. The van der Waals surface area contributed by atoms with Crippen molar-refractivity contribution >= 4 is 46.4 Å². The van der Waals surface area contributed by atoms with Crippen LogP contribution in [0.25, 0.3) is 0 Å². The van der Waals surface area contributed by atoms with Crippen LogP contribution in [0.5, 0.6) is 0 Å². The number of nitrogens with one attached hydrogen (secondary N) is 1. The van der Waals surface area contributed by atoms with E-state index in [0.717, 1.165) is 35.7 Å². The fraction of sp³-hybridized carbons (Fsp3) is 0.429. The monoisotopic (exact) mass is 429 g/mol. The van der Waals surface area contributed by atoms with Crippen molar-refractivity contribution in [1.29, 1.82) is 0 Å². The largest absolute Gasteiger partial charge is 0.311 e. The van der Waals surface area contributed by atoms with E-state index in [1.807, 2.05) is 36.4 Å². The first-order valence-corrected chi connectivity index (χ1v) is 10.7. The minimum absolute atomic E-state index is 0.543. The first-order chi connectivity index (χ1) is 12.5. The Kier molecular flexibility index (Phi) is 7.54. The molecule has 1 aliphatic rings. The second kappa shape index (κ2) is 9.66. The topological polar surface area (TPSA) is 12.0 Å². The van der Waals surface area contributed by atoms with Gasteiger partial charge in [-0.15, -0.1) is 0 Å². The average Bonchev–Trinajstić information content (AvgIpc) is 2.61. The van der Waals surface area contributed by atoms with Crippen LogP contribution in [0.15, 0.2) is 36.4 Å². The third-order valence-corrected chi connectivity index (χ3v) is 6.30. The molecule has 1 nitrogen and oxygen atoms in total. The maximum absolute atomic E-state index is 6.29. The molecule has 2 aromatic carbocycles. The van der Waals surface area contributed by atoms with Crippen molar-refractivity contribution < 1.29 is 0 Å². The minimum atomic E-state index is 0.543. The molecule has 2 unspecified atom stereocenters. The molecule has 0 saturated carbocycles. The van der Waals surface area contributed by atoms with Crippen molar-refractivity contribution in [3.63, 3.8) is 0 Å². The Balaban J connectivity index is 1.49. The lowest BCUT2D eigenvalue weighted by molar-refractivity contribution is 0.297. The predicted octanol–water partition coefficient (Wildman–Crippen LogP) is 7.38. The molecule has 0 aliphatic carbocycles. The van der Waals surface area contributed by atoms with Gasteiger partial charge in [0.2, 0.25) is 0 Å². The fourth-order valence-corrected chi connectivity index (χ4v) is 4.68. The van der Waals surface area contributed by atoms with E-state index in [0.29, 0.717) is 22.1 Å². The summed E-state index contributed by atoms with van der Waals surface area (Å²) in [6.45, 7) is 0. The van der Waals surface area contributed by atoms with Crippen LogP contribution >= 0.6 is 46.4 Å². The Morgan fingerprint density at radius 2 is 1.19 bits per heavy atom. The zero-order valence-electron chi connectivity index (χ0n) is 14.6. The summed E-state index contributed by atoms with van der Waals surface area (Å²) in [5.41, 5.74) is 2.35. The molecule has 5 heteroatoms. The van der Waals surface area contributed by atoms with Crippen molar-refractivity contribution in [3.8, 4) is 0 Å². The molecule has 0 amide bonds. The summed E-state index contributed by atoms with van der Waals surface area (Å²) in [6, 6.07) is 12.6. The number of halogens is 4. The molecule has 26 heavy (non-hydrogen) atoms. The molecule has 1 aliphatic heterocycles. The van der Waals surface area contributed by atoms with Gasteiger partial charge in [-0.25, -0.2) is 0 Å². The molecule has 2 aromatic rings. The van der Waals surface area contributed by atoms with Gasteiger partial charge < -0.3 is 5.32 Å². The van der Waals surface area contributed by atoms with Crippen molar-refractivity contribution in [2.24, 2.45) is 0 Å². The lowest BCUT2D eigenvalue weighted by Crippen LogP contribution is -2.42. The van der Waals surface area contributed by atoms with Crippen molar-refractivity contribution in [2.45, 2.75) is 57.0 Å². The summed E-state index contributed by atoms with van der Waals surface area (Å²) < 4.78 is 0. The Morgan fingerprint density at radius 3 is 1.62 bits per heavy atom. The van der Waals surface area contributed by atoms with E-state index in [-0.39, 0.29) is 0 Å². The van der Waals surface area contributed by atoms with Gasteiger partial charge in [0.1, 0.15) is 0 Å². The zero-order chi connectivity index (χ0) is 18.5. The van der Waals surface area contributed by atoms with Crippen LogP contribution in [0.2, 0.25) is 20.1 Å². The van der Waals surface area contributed by atoms with E-state index in [9.17, 15) is 0 Å². The van der Waals surface area contributed by atoms with Gasteiger partial charge in [-0.3, -0.25) is 0 Å². The molecule has 2 atom stereocenters. The quantitative estimate of drug-likeness (QED) is 0.504. The van der Waals surface area contributed by atoms with Crippen LogP contribution in [0.4, 0.5) is 0 Å². The van der Waals surface area contributed by atoms with Gasteiger partial charge in [0.25, 0.3) is 0 Å². The first-order valence-electron chi connectivity index (χ1n) is 9.15. The number of rotatable bonds is 6. The molecule has 0 spiro atoms. The molecule has 0 radical (unpaired) electrons. The first kappa shape index (κ1) is 20.3. The van der Waals surface area contributed by atoms with Crippen molar-refractivity contribution in [1.82, 2.24) is 5.32 Å². The summed E-state index contributed by atoms with van der Waals surface area (Å²) >= 11 is 24.5. The van der Waals surface area contributed by atoms with E-state index in [2.05, 4.69) is 5.32 Å². The van der Waals surface area contributed by atoms with E-state index >= 15 is 0 Å². The Bertz CT molecular complexity index is 685. The van der Waals surface area contributed by atoms with Gasteiger partial charge >= 0.3 is 0 Å². The molecule has 0 bridgehead atoms.